The molecular formula is C19H23NO2S. The van der Waals surface area contributed by atoms with Gasteiger partial charge < -0.3 is 4.74 Å². The fourth-order valence-corrected chi connectivity index (χ4v) is 2.67. The van der Waals surface area contributed by atoms with Gasteiger partial charge in [0.2, 0.25) is 0 Å². The van der Waals surface area contributed by atoms with Crippen molar-refractivity contribution in [2.75, 3.05) is 12.4 Å². The van der Waals surface area contributed by atoms with Crippen molar-refractivity contribution in [2.24, 2.45) is 0 Å². The summed E-state index contributed by atoms with van der Waals surface area (Å²) in [4.78, 5) is 11.8. The van der Waals surface area contributed by atoms with E-state index < -0.39 is 0 Å². The predicted octanol–water partition coefficient (Wildman–Crippen LogP) is 3.23. The highest BCUT2D eigenvalue weighted by molar-refractivity contribution is 7.80. The quantitative estimate of drug-likeness (QED) is 0.577. The van der Waals surface area contributed by atoms with Gasteiger partial charge in [-0.2, -0.15) is 12.6 Å². The zero-order valence-corrected chi connectivity index (χ0v) is 14.3. The Labute approximate surface area is 143 Å². The van der Waals surface area contributed by atoms with Gasteiger partial charge in [-0.1, -0.05) is 54.6 Å². The molecule has 0 radical (unpaired) electrons. The summed E-state index contributed by atoms with van der Waals surface area (Å²) in [5.41, 5.74) is 3.70. The molecule has 0 aliphatic heterocycles. The van der Waals surface area contributed by atoms with E-state index in [9.17, 15) is 4.79 Å². The molecule has 0 bridgehead atoms. The molecule has 0 aromatic heterocycles. The Morgan fingerprint density at radius 3 is 2.48 bits per heavy atom. The van der Waals surface area contributed by atoms with Crippen LogP contribution in [0.4, 0.5) is 0 Å². The van der Waals surface area contributed by atoms with Crippen LogP contribution in [0.1, 0.15) is 23.6 Å². The molecule has 1 N–H and O–H groups in total. The molecule has 2 aromatic rings. The molecule has 0 saturated heterocycles. The number of ether oxygens (including phenoxy) is 1. The van der Waals surface area contributed by atoms with Gasteiger partial charge in [-0.05, 0) is 30.0 Å². The summed E-state index contributed by atoms with van der Waals surface area (Å²) in [5, 5.41) is 3.21. The third-order valence-electron chi connectivity index (χ3n) is 3.55. The first-order valence-corrected chi connectivity index (χ1v) is 8.48. The number of esters is 1. The lowest BCUT2D eigenvalue weighted by Crippen LogP contribution is -2.39. The molecule has 0 fully saturated rings. The van der Waals surface area contributed by atoms with Gasteiger partial charge in [0, 0.05) is 12.3 Å². The maximum absolute atomic E-state index is 11.8. The second-order valence-electron chi connectivity index (χ2n) is 5.35. The average Bonchev–Trinajstić information content (AvgIpc) is 2.57. The highest BCUT2D eigenvalue weighted by atomic mass is 32.1. The Bertz CT molecular complexity index is 616. The molecule has 0 heterocycles. The Balaban J connectivity index is 1.95. The van der Waals surface area contributed by atoms with E-state index in [1.54, 1.807) is 6.92 Å². The summed E-state index contributed by atoms with van der Waals surface area (Å²) in [6, 6.07) is 18.4. The van der Waals surface area contributed by atoms with E-state index in [1.165, 1.54) is 11.1 Å². The molecule has 0 aliphatic rings. The fraction of sp³-hybridized carbons (Fsp3) is 0.316. The lowest BCUT2D eigenvalue weighted by molar-refractivity contribution is -0.145. The fourth-order valence-electron chi connectivity index (χ4n) is 2.39. The Morgan fingerprint density at radius 2 is 1.78 bits per heavy atom. The molecule has 0 saturated carbocycles. The van der Waals surface area contributed by atoms with Crippen molar-refractivity contribution in [3.63, 3.8) is 0 Å². The molecule has 3 nitrogen and oxygen atoms in total. The molecule has 4 heteroatoms. The van der Waals surface area contributed by atoms with Gasteiger partial charge >= 0.3 is 5.97 Å². The zero-order valence-electron chi connectivity index (χ0n) is 13.4. The van der Waals surface area contributed by atoms with Crippen LogP contribution in [0, 0.1) is 0 Å². The van der Waals surface area contributed by atoms with Crippen LogP contribution in [0.15, 0.2) is 54.6 Å². The van der Waals surface area contributed by atoms with Crippen molar-refractivity contribution < 1.29 is 9.53 Å². The van der Waals surface area contributed by atoms with Gasteiger partial charge in [0.1, 0.15) is 6.04 Å². The second-order valence-corrected chi connectivity index (χ2v) is 5.72. The minimum atomic E-state index is -0.379. The summed E-state index contributed by atoms with van der Waals surface area (Å²) in [6.45, 7) is 2.81. The maximum Gasteiger partial charge on any atom is 0.323 e. The largest absolute Gasteiger partial charge is 0.465 e. The zero-order chi connectivity index (χ0) is 16.5. The molecule has 23 heavy (non-hydrogen) atoms. The minimum absolute atomic E-state index is 0.247. The minimum Gasteiger partial charge on any atom is -0.465 e. The smallest absolute Gasteiger partial charge is 0.323 e. The monoisotopic (exact) mass is 329 g/mol. The molecule has 2 aromatic carbocycles. The number of carbonyl (C=O) groups excluding carboxylic acids is 1. The predicted molar refractivity (Wildman–Crippen MR) is 96.8 cm³/mol. The first-order chi connectivity index (χ1) is 11.2. The van der Waals surface area contributed by atoms with Crippen molar-refractivity contribution in [1.82, 2.24) is 5.32 Å². The van der Waals surface area contributed by atoms with E-state index in [4.69, 9.17) is 4.74 Å². The summed E-state index contributed by atoms with van der Waals surface area (Å²) in [7, 11) is 0. The highest BCUT2D eigenvalue weighted by Gasteiger charge is 2.17. The molecule has 1 atom stereocenters. The van der Waals surface area contributed by atoms with Crippen LogP contribution in [-0.2, 0) is 22.5 Å². The number of hydrogen-bond donors (Lipinski definition) is 2. The summed E-state index contributed by atoms with van der Waals surface area (Å²) in [5.74, 6) is 0.172. The van der Waals surface area contributed by atoms with E-state index in [2.05, 4.69) is 66.5 Å². The van der Waals surface area contributed by atoms with Crippen molar-refractivity contribution in [3.8, 4) is 0 Å². The lowest BCUT2D eigenvalue weighted by Gasteiger charge is -2.15. The number of hydrogen-bond acceptors (Lipinski definition) is 4. The van der Waals surface area contributed by atoms with Crippen LogP contribution < -0.4 is 5.32 Å². The van der Waals surface area contributed by atoms with Crippen LogP contribution in [0.2, 0.25) is 0 Å². The molecular weight excluding hydrogens is 306 g/mol. The number of benzene rings is 2. The van der Waals surface area contributed by atoms with Crippen molar-refractivity contribution in [3.05, 3.63) is 71.3 Å². The molecule has 0 spiro atoms. The van der Waals surface area contributed by atoms with Crippen LogP contribution in [-0.4, -0.2) is 24.4 Å². The van der Waals surface area contributed by atoms with E-state index in [1.807, 2.05) is 6.07 Å². The lowest BCUT2D eigenvalue weighted by atomic mass is 10.0. The van der Waals surface area contributed by atoms with Crippen molar-refractivity contribution in [2.45, 2.75) is 25.9 Å². The van der Waals surface area contributed by atoms with E-state index >= 15 is 0 Å². The first kappa shape index (κ1) is 17.6. The van der Waals surface area contributed by atoms with Gasteiger partial charge in [0.15, 0.2) is 0 Å². The van der Waals surface area contributed by atoms with Gasteiger partial charge in [-0.25, -0.2) is 0 Å². The van der Waals surface area contributed by atoms with Crippen molar-refractivity contribution >= 4 is 18.6 Å². The van der Waals surface area contributed by atoms with Crippen LogP contribution in [0.5, 0.6) is 0 Å². The number of thiol groups is 1. The molecule has 0 unspecified atom stereocenters. The standard InChI is InChI=1S/C19H23NO2S/c1-2-22-19(21)18(14-23)20-13-17-10-6-9-16(12-17)11-15-7-4-3-5-8-15/h3-10,12,18,20,23H,2,11,13-14H2,1H3/t18-/m0/s1. The van der Waals surface area contributed by atoms with Crippen LogP contribution in [0.25, 0.3) is 0 Å². The van der Waals surface area contributed by atoms with E-state index in [-0.39, 0.29) is 12.0 Å². The number of carbonyl (C=O) groups is 1. The van der Waals surface area contributed by atoms with Crippen LogP contribution in [0.3, 0.4) is 0 Å². The van der Waals surface area contributed by atoms with E-state index in [0.717, 1.165) is 12.0 Å². The van der Waals surface area contributed by atoms with Crippen molar-refractivity contribution in [1.29, 1.82) is 0 Å². The van der Waals surface area contributed by atoms with Gasteiger partial charge in [-0.3, -0.25) is 10.1 Å². The number of rotatable bonds is 8. The first-order valence-electron chi connectivity index (χ1n) is 7.85. The summed E-state index contributed by atoms with van der Waals surface area (Å²) in [6.07, 6.45) is 0.905. The molecule has 0 amide bonds. The summed E-state index contributed by atoms with van der Waals surface area (Å²) < 4.78 is 5.04. The third-order valence-corrected chi connectivity index (χ3v) is 3.91. The molecule has 122 valence electrons. The van der Waals surface area contributed by atoms with Crippen LogP contribution >= 0.6 is 12.6 Å². The third kappa shape index (κ3) is 5.73. The molecule has 0 aliphatic carbocycles. The van der Waals surface area contributed by atoms with E-state index in [0.29, 0.717) is 18.9 Å². The second kappa shape index (κ2) is 9.38. The normalized spacial score (nSPS) is 11.9. The Kier molecular flexibility index (Phi) is 7.17. The highest BCUT2D eigenvalue weighted by Crippen LogP contribution is 2.11. The van der Waals surface area contributed by atoms with Gasteiger partial charge in [0.05, 0.1) is 6.61 Å². The number of nitrogens with one attached hydrogen (secondary N) is 1. The van der Waals surface area contributed by atoms with Gasteiger partial charge in [0.25, 0.3) is 0 Å². The average molecular weight is 329 g/mol. The topological polar surface area (TPSA) is 38.3 Å². The Hall–Kier alpha value is -1.78. The molecule has 2 rings (SSSR count). The maximum atomic E-state index is 11.8. The SMILES string of the molecule is CCOC(=O)[C@H](CS)NCc1cccc(Cc2ccccc2)c1. The summed E-state index contributed by atoms with van der Waals surface area (Å²) >= 11 is 4.22. The van der Waals surface area contributed by atoms with Gasteiger partial charge in [-0.15, -0.1) is 0 Å². The Morgan fingerprint density at radius 1 is 1.09 bits per heavy atom.